The number of halogens is 1. The minimum atomic E-state index is -0.464. The van der Waals surface area contributed by atoms with Gasteiger partial charge in [-0.25, -0.2) is 4.39 Å². The number of carbonyl (C=O) groups excluding carboxylic acids is 2. The van der Waals surface area contributed by atoms with Crippen molar-refractivity contribution >= 4 is 23.5 Å². The van der Waals surface area contributed by atoms with Crippen LogP contribution in [0.3, 0.4) is 0 Å². The number of ketones is 1. The predicted octanol–water partition coefficient (Wildman–Crippen LogP) is 4.49. The van der Waals surface area contributed by atoms with E-state index >= 15 is 0 Å². The van der Waals surface area contributed by atoms with Crippen LogP contribution in [-0.4, -0.2) is 36.0 Å². The van der Waals surface area contributed by atoms with E-state index in [4.69, 9.17) is 4.74 Å². The number of rotatable bonds is 6. The molecule has 1 atom stereocenters. The fraction of sp³-hybridized carbons (Fsp3) is 0.333. The molecule has 0 aromatic heterocycles. The van der Waals surface area contributed by atoms with E-state index in [1.54, 1.807) is 19.2 Å². The summed E-state index contributed by atoms with van der Waals surface area (Å²) >= 11 is 1.17. The molecule has 142 valence electrons. The van der Waals surface area contributed by atoms with E-state index in [0.717, 1.165) is 24.2 Å². The van der Waals surface area contributed by atoms with Gasteiger partial charge in [-0.3, -0.25) is 9.59 Å². The number of Topliss-reactive ketones (excluding diaryl/α,β-unsaturated/α-hetero) is 1. The van der Waals surface area contributed by atoms with Crippen LogP contribution in [0.25, 0.3) is 0 Å². The van der Waals surface area contributed by atoms with Crippen molar-refractivity contribution in [1.29, 1.82) is 0 Å². The van der Waals surface area contributed by atoms with Crippen molar-refractivity contribution in [2.75, 3.05) is 19.4 Å². The Labute approximate surface area is 162 Å². The van der Waals surface area contributed by atoms with Gasteiger partial charge in [0.15, 0.2) is 5.78 Å². The first-order valence-electron chi connectivity index (χ1n) is 8.86. The normalized spacial score (nSPS) is 16.4. The zero-order chi connectivity index (χ0) is 19.4. The van der Waals surface area contributed by atoms with Gasteiger partial charge >= 0.3 is 0 Å². The molecule has 1 unspecified atom stereocenters. The largest absolute Gasteiger partial charge is 0.497 e. The Hall–Kier alpha value is -2.34. The summed E-state index contributed by atoms with van der Waals surface area (Å²) in [6, 6.07) is 12.2. The molecular weight excluding hydrogens is 365 g/mol. The molecule has 3 rings (SSSR count). The Bertz CT molecular complexity index is 838. The molecule has 0 aliphatic carbocycles. The lowest BCUT2D eigenvalue weighted by Gasteiger charge is -2.25. The summed E-state index contributed by atoms with van der Waals surface area (Å²) in [5.74, 6) is 0.306. The minimum absolute atomic E-state index is 0.00615. The van der Waals surface area contributed by atoms with Gasteiger partial charge in [0.25, 0.3) is 0 Å². The summed E-state index contributed by atoms with van der Waals surface area (Å²) in [6.45, 7) is 2.11. The summed E-state index contributed by atoms with van der Waals surface area (Å²) in [5.41, 5.74) is 1.42. The molecule has 2 aromatic rings. The van der Waals surface area contributed by atoms with Gasteiger partial charge in [0.1, 0.15) is 11.6 Å². The molecule has 4 nitrogen and oxygen atoms in total. The predicted molar refractivity (Wildman–Crippen MR) is 104 cm³/mol. The number of hydrogen-bond acceptors (Lipinski definition) is 4. The molecule has 0 N–H and O–H groups in total. The van der Waals surface area contributed by atoms with Gasteiger partial charge in [-0.2, -0.15) is 0 Å². The van der Waals surface area contributed by atoms with Gasteiger partial charge < -0.3 is 9.64 Å². The zero-order valence-corrected chi connectivity index (χ0v) is 16.2. The molecule has 6 heteroatoms. The van der Waals surface area contributed by atoms with E-state index < -0.39 is 5.82 Å². The number of ether oxygens (including phenoxy) is 1. The highest BCUT2D eigenvalue weighted by molar-refractivity contribution is 8.00. The molecule has 0 bridgehead atoms. The average molecular weight is 387 g/mol. The van der Waals surface area contributed by atoms with Crippen molar-refractivity contribution in [2.45, 2.75) is 30.7 Å². The maximum absolute atomic E-state index is 14.1. The highest BCUT2D eigenvalue weighted by atomic mass is 32.2. The number of methoxy groups -OCH3 is 1. The molecule has 2 aromatic carbocycles. The van der Waals surface area contributed by atoms with Crippen molar-refractivity contribution in [3.05, 3.63) is 59.4 Å². The Morgan fingerprint density at radius 3 is 2.59 bits per heavy atom. The van der Waals surface area contributed by atoms with Crippen LogP contribution in [-0.2, 0) is 4.79 Å². The lowest BCUT2D eigenvalue weighted by atomic mass is 10.0. The SMILES string of the molecule is COc1ccc(C2CCCN2C(=O)CSc2ccc(C(C)=O)cc2F)cc1. The Morgan fingerprint density at radius 1 is 1.22 bits per heavy atom. The zero-order valence-electron chi connectivity index (χ0n) is 15.4. The molecular formula is C21H22FNO3S. The number of thioether (sulfide) groups is 1. The van der Waals surface area contributed by atoms with E-state index in [-0.39, 0.29) is 23.5 Å². The quantitative estimate of drug-likeness (QED) is 0.541. The lowest BCUT2D eigenvalue weighted by molar-refractivity contribution is -0.129. The lowest BCUT2D eigenvalue weighted by Crippen LogP contribution is -2.32. The van der Waals surface area contributed by atoms with E-state index in [2.05, 4.69) is 0 Å². The van der Waals surface area contributed by atoms with E-state index in [1.165, 1.54) is 24.8 Å². The van der Waals surface area contributed by atoms with Crippen LogP contribution in [0.4, 0.5) is 4.39 Å². The third-order valence-electron chi connectivity index (χ3n) is 4.76. The standard InChI is InChI=1S/C21H22FNO3S/c1-14(24)16-7-10-20(18(22)12-16)27-13-21(25)23-11-3-4-19(23)15-5-8-17(26-2)9-6-15/h5-10,12,19H,3-4,11,13H2,1-2H3. The van der Waals surface area contributed by atoms with Crippen LogP contribution in [0, 0.1) is 5.82 Å². The number of hydrogen-bond donors (Lipinski definition) is 0. The van der Waals surface area contributed by atoms with Gasteiger partial charge in [0.2, 0.25) is 5.91 Å². The van der Waals surface area contributed by atoms with Gasteiger partial charge in [-0.15, -0.1) is 11.8 Å². The average Bonchev–Trinajstić information content (AvgIpc) is 3.16. The number of nitrogens with zero attached hydrogens (tertiary/aromatic N) is 1. The van der Waals surface area contributed by atoms with E-state index in [0.29, 0.717) is 17.0 Å². The Balaban J connectivity index is 1.65. The second-order valence-corrected chi connectivity index (χ2v) is 7.53. The Morgan fingerprint density at radius 2 is 1.96 bits per heavy atom. The summed E-state index contributed by atoms with van der Waals surface area (Å²) < 4.78 is 19.3. The third-order valence-corrected chi connectivity index (χ3v) is 5.80. The molecule has 1 amide bonds. The number of likely N-dealkylation sites (tertiary alicyclic amines) is 1. The first kappa shape index (κ1) is 19.4. The van der Waals surface area contributed by atoms with Crippen LogP contribution in [0.2, 0.25) is 0 Å². The van der Waals surface area contributed by atoms with Crippen molar-refractivity contribution in [3.8, 4) is 5.75 Å². The second kappa shape index (κ2) is 8.57. The van der Waals surface area contributed by atoms with Gasteiger partial charge in [0.05, 0.1) is 18.9 Å². The number of amides is 1. The number of benzene rings is 2. The van der Waals surface area contributed by atoms with Crippen LogP contribution in [0.1, 0.15) is 41.7 Å². The van der Waals surface area contributed by atoms with Crippen LogP contribution < -0.4 is 4.74 Å². The molecule has 0 spiro atoms. The first-order valence-corrected chi connectivity index (χ1v) is 9.85. The molecule has 1 heterocycles. The fourth-order valence-electron chi connectivity index (χ4n) is 3.30. The molecule has 27 heavy (non-hydrogen) atoms. The summed E-state index contributed by atoms with van der Waals surface area (Å²) in [6.07, 6.45) is 1.87. The van der Waals surface area contributed by atoms with Crippen molar-refractivity contribution in [1.82, 2.24) is 4.90 Å². The van der Waals surface area contributed by atoms with Crippen LogP contribution >= 0.6 is 11.8 Å². The molecule has 1 fully saturated rings. The second-order valence-electron chi connectivity index (χ2n) is 6.51. The van der Waals surface area contributed by atoms with Crippen molar-refractivity contribution < 1.29 is 18.7 Å². The third kappa shape index (κ3) is 4.50. The first-order chi connectivity index (χ1) is 13.0. The number of carbonyl (C=O) groups is 2. The molecule has 1 aliphatic heterocycles. The smallest absolute Gasteiger partial charge is 0.233 e. The molecule has 0 saturated carbocycles. The van der Waals surface area contributed by atoms with Gasteiger partial charge in [-0.1, -0.05) is 18.2 Å². The molecule has 0 radical (unpaired) electrons. The monoisotopic (exact) mass is 387 g/mol. The molecule has 1 saturated heterocycles. The summed E-state index contributed by atoms with van der Waals surface area (Å²) in [4.78, 5) is 26.3. The Kier molecular flexibility index (Phi) is 6.16. The van der Waals surface area contributed by atoms with Crippen LogP contribution in [0.5, 0.6) is 5.75 Å². The summed E-state index contributed by atoms with van der Waals surface area (Å²) in [7, 11) is 1.62. The van der Waals surface area contributed by atoms with E-state index in [1.807, 2.05) is 29.2 Å². The maximum Gasteiger partial charge on any atom is 0.233 e. The van der Waals surface area contributed by atoms with Crippen molar-refractivity contribution in [2.24, 2.45) is 0 Å². The van der Waals surface area contributed by atoms with E-state index in [9.17, 15) is 14.0 Å². The van der Waals surface area contributed by atoms with Gasteiger partial charge in [0, 0.05) is 17.0 Å². The highest BCUT2D eigenvalue weighted by Crippen LogP contribution is 2.34. The minimum Gasteiger partial charge on any atom is -0.497 e. The maximum atomic E-state index is 14.1. The van der Waals surface area contributed by atoms with Crippen LogP contribution in [0.15, 0.2) is 47.4 Å². The molecule has 1 aliphatic rings. The highest BCUT2D eigenvalue weighted by Gasteiger charge is 2.29. The fourth-order valence-corrected chi connectivity index (χ4v) is 4.10. The topological polar surface area (TPSA) is 46.6 Å². The van der Waals surface area contributed by atoms with Gasteiger partial charge in [-0.05, 0) is 49.6 Å². The van der Waals surface area contributed by atoms with Crippen molar-refractivity contribution in [3.63, 3.8) is 0 Å². The summed E-state index contributed by atoms with van der Waals surface area (Å²) in [5, 5.41) is 0.